The van der Waals surface area contributed by atoms with Crippen LogP contribution in [0.25, 0.3) is 11.1 Å². The number of cyclic esters (lactones) is 2. The summed E-state index contributed by atoms with van der Waals surface area (Å²) in [6, 6.07) is 4.51. The highest BCUT2D eigenvalue weighted by atomic mass is 16.6. The zero-order valence-electron chi connectivity index (χ0n) is 23.0. The van der Waals surface area contributed by atoms with Crippen LogP contribution in [0, 0.1) is 12.8 Å². The fraction of sp³-hybridized carbons (Fsp3) is 0.467. The Morgan fingerprint density at radius 1 is 0.780 bits per heavy atom. The number of rotatable bonds is 3. The van der Waals surface area contributed by atoms with Crippen molar-refractivity contribution in [3.63, 3.8) is 0 Å². The van der Waals surface area contributed by atoms with Gasteiger partial charge in [0.1, 0.15) is 46.3 Å². The van der Waals surface area contributed by atoms with E-state index in [9.17, 15) is 34.5 Å². The van der Waals surface area contributed by atoms with Crippen molar-refractivity contribution < 1.29 is 53.4 Å². The number of carbonyl (C=O) groups excluding carboxylic acids is 4. The minimum Gasteiger partial charge on any atom is -0.506 e. The summed E-state index contributed by atoms with van der Waals surface area (Å²) in [6.45, 7) is 6.75. The van der Waals surface area contributed by atoms with Gasteiger partial charge in [0.2, 0.25) is 0 Å². The van der Waals surface area contributed by atoms with Crippen molar-refractivity contribution in [2.45, 2.75) is 82.9 Å². The molecule has 6 rings (SSSR count). The van der Waals surface area contributed by atoms with Gasteiger partial charge < -0.3 is 34.3 Å². The van der Waals surface area contributed by atoms with Crippen molar-refractivity contribution in [3.05, 3.63) is 34.9 Å². The molecule has 0 aromatic heterocycles. The Bertz CT molecular complexity index is 1540. The van der Waals surface area contributed by atoms with E-state index < -0.39 is 58.5 Å². The molecule has 2 aromatic rings. The van der Waals surface area contributed by atoms with Crippen LogP contribution < -0.4 is 9.47 Å². The Kier molecular flexibility index (Phi) is 5.90. The lowest BCUT2D eigenvalue weighted by molar-refractivity contribution is -0.152. The van der Waals surface area contributed by atoms with Gasteiger partial charge in [-0.15, -0.1) is 0 Å². The Morgan fingerprint density at radius 3 is 1.93 bits per heavy atom. The molecule has 2 saturated heterocycles. The van der Waals surface area contributed by atoms with Crippen LogP contribution in [-0.2, 0) is 19.1 Å². The zero-order chi connectivity index (χ0) is 29.6. The molecule has 0 bridgehead atoms. The van der Waals surface area contributed by atoms with Gasteiger partial charge in [-0.3, -0.25) is 19.2 Å². The second kappa shape index (κ2) is 8.94. The molecular formula is C30H30O11. The summed E-state index contributed by atoms with van der Waals surface area (Å²) in [6.07, 6.45) is -3.25. The van der Waals surface area contributed by atoms with E-state index in [2.05, 4.69) is 0 Å². The fourth-order valence-corrected chi connectivity index (χ4v) is 6.77. The van der Waals surface area contributed by atoms with Gasteiger partial charge in [-0.1, -0.05) is 6.92 Å². The van der Waals surface area contributed by atoms with Crippen LogP contribution in [0.4, 0.5) is 0 Å². The quantitative estimate of drug-likeness (QED) is 0.467. The summed E-state index contributed by atoms with van der Waals surface area (Å²) < 4.78 is 23.0. The van der Waals surface area contributed by atoms with Crippen molar-refractivity contribution in [1.29, 1.82) is 0 Å². The Labute approximate surface area is 235 Å². The van der Waals surface area contributed by atoms with E-state index >= 15 is 0 Å². The number of ether oxygens (including phenoxy) is 4. The summed E-state index contributed by atoms with van der Waals surface area (Å²) in [4.78, 5) is 50.3. The molecule has 0 amide bonds. The number of carbonyl (C=O) groups is 4. The third kappa shape index (κ3) is 4.05. The van der Waals surface area contributed by atoms with Crippen molar-refractivity contribution in [2.75, 3.05) is 0 Å². The summed E-state index contributed by atoms with van der Waals surface area (Å²) in [5, 5.41) is 32.9. The summed E-state index contributed by atoms with van der Waals surface area (Å²) >= 11 is 0. The third-order valence-corrected chi connectivity index (χ3v) is 8.59. The molecule has 0 spiro atoms. The number of hydrogen-bond donors (Lipinski definition) is 3. The van der Waals surface area contributed by atoms with Gasteiger partial charge in [0.05, 0.1) is 25.7 Å². The Morgan fingerprint density at radius 2 is 1.34 bits per heavy atom. The van der Waals surface area contributed by atoms with E-state index in [1.807, 2.05) is 6.92 Å². The van der Waals surface area contributed by atoms with E-state index in [0.717, 1.165) is 0 Å². The molecule has 6 unspecified atom stereocenters. The van der Waals surface area contributed by atoms with E-state index in [4.69, 9.17) is 18.9 Å². The first-order valence-electron chi connectivity index (χ1n) is 13.5. The van der Waals surface area contributed by atoms with Gasteiger partial charge in [0.25, 0.3) is 0 Å². The number of hydrogen-bond acceptors (Lipinski definition) is 11. The average Bonchev–Trinajstić information content (AvgIpc) is 3.39. The van der Waals surface area contributed by atoms with E-state index in [0.29, 0.717) is 5.56 Å². The highest BCUT2D eigenvalue weighted by molar-refractivity contribution is 6.08. The smallest absolute Gasteiger partial charge is 0.309 e. The largest absolute Gasteiger partial charge is 0.506 e. The molecule has 0 saturated carbocycles. The highest BCUT2D eigenvalue weighted by Gasteiger charge is 2.53. The predicted molar refractivity (Wildman–Crippen MR) is 140 cm³/mol. The van der Waals surface area contributed by atoms with Gasteiger partial charge in [-0.25, -0.2) is 0 Å². The number of aliphatic hydroxyl groups is 1. The topological polar surface area (TPSA) is 166 Å². The summed E-state index contributed by atoms with van der Waals surface area (Å²) in [7, 11) is 0. The number of benzene rings is 2. The van der Waals surface area contributed by atoms with Crippen molar-refractivity contribution in [1.82, 2.24) is 0 Å². The maximum atomic E-state index is 13.4. The number of phenolic OH excluding ortho intramolecular Hbond substituents is 2. The molecule has 6 atom stereocenters. The molecule has 2 aromatic carbocycles. The molecule has 11 heteroatoms. The van der Waals surface area contributed by atoms with Gasteiger partial charge in [0, 0.05) is 17.0 Å². The number of aromatic hydroxyl groups is 2. The Balaban J connectivity index is 1.38. The summed E-state index contributed by atoms with van der Waals surface area (Å²) in [5.41, 5.74) is -1.98. The molecule has 11 nitrogen and oxygen atoms in total. The lowest BCUT2D eigenvalue weighted by Crippen LogP contribution is -2.53. The lowest BCUT2D eigenvalue weighted by Gasteiger charge is -2.40. The average molecular weight is 567 g/mol. The molecule has 0 aliphatic carbocycles. The third-order valence-electron chi connectivity index (χ3n) is 8.59. The first-order valence-corrected chi connectivity index (χ1v) is 13.5. The molecule has 4 aliphatic heterocycles. The standard InChI is InChI=1S/C30H30O11/c1-12-7-19-24(17(33)11-30(4,41-19)28-15(31)9-21(35)39-28)26(37)22(12)14-5-6-18-23(25(14)36)16(32)10-29(3,40-18)27-13(2)8-20(34)38-27/h5-7,13,15,27-28,31,36-37H,8-11H2,1-4H3. The minimum absolute atomic E-state index is 0.0468. The SMILES string of the molecule is Cc1cc2c(c(O)c1-c1ccc3c(c1O)C(=O)CC(C)(C1OC(=O)CC1C)O3)C(=O)CC(C)(C1OC(=O)CC1O)O2. The van der Waals surface area contributed by atoms with E-state index in [1.54, 1.807) is 20.8 Å². The number of aliphatic hydroxyl groups excluding tert-OH is 1. The van der Waals surface area contributed by atoms with Crippen LogP contribution in [0.15, 0.2) is 18.2 Å². The van der Waals surface area contributed by atoms with Gasteiger partial charge in [-0.05, 0) is 44.5 Å². The van der Waals surface area contributed by atoms with E-state index in [-0.39, 0.29) is 71.3 Å². The van der Waals surface area contributed by atoms with Crippen molar-refractivity contribution in [3.8, 4) is 34.1 Å². The molecule has 4 aliphatic rings. The molecule has 41 heavy (non-hydrogen) atoms. The number of esters is 2. The first-order chi connectivity index (χ1) is 19.2. The second-order valence-corrected chi connectivity index (χ2v) is 11.9. The minimum atomic E-state index is -1.36. The van der Waals surface area contributed by atoms with E-state index in [1.165, 1.54) is 18.2 Å². The fourth-order valence-electron chi connectivity index (χ4n) is 6.77. The molecule has 4 heterocycles. The molecular weight excluding hydrogens is 536 g/mol. The number of ketones is 2. The highest BCUT2D eigenvalue weighted by Crippen LogP contribution is 2.52. The van der Waals surface area contributed by atoms with Crippen LogP contribution >= 0.6 is 0 Å². The van der Waals surface area contributed by atoms with Gasteiger partial charge in [-0.2, -0.15) is 0 Å². The van der Waals surface area contributed by atoms with Crippen molar-refractivity contribution >= 4 is 23.5 Å². The monoisotopic (exact) mass is 566 g/mol. The summed E-state index contributed by atoms with van der Waals surface area (Å²) in [5.74, 6) is -2.72. The van der Waals surface area contributed by atoms with Crippen molar-refractivity contribution in [2.24, 2.45) is 5.92 Å². The molecule has 0 radical (unpaired) electrons. The number of fused-ring (bicyclic) bond motifs is 2. The first kappa shape index (κ1) is 27.1. The van der Waals surface area contributed by atoms with Crippen LogP contribution in [0.1, 0.15) is 72.7 Å². The maximum Gasteiger partial charge on any atom is 0.309 e. The molecule has 2 fully saturated rings. The van der Waals surface area contributed by atoms with Crippen LogP contribution in [0.5, 0.6) is 23.0 Å². The molecule has 216 valence electrons. The zero-order valence-corrected chi connectivity index (χ0v) is 23.0. The lowest BCUT2D eigenvalue weighted by atomic mass is 9.80. The predicted octanol–water partition coefficient (Wildman–Crippen LogP) is 3.15. The number of aryl methyl sites for hydroxylation is 1. The maximum absolute atomic E-state index is 13.4. The Hall–Kier alpha value is -4.12. The van der Waals surface area contributed by atoms with Crippen LogP contribution in [0.3, 0.4) is 0 Å². The normalized spacial score (nSPS) is 32.5. The van der Waals surface area contributed by atoms with Gasteiger partial charge >= 0.3 is 11.9 Å². The number of phenols is 2. The van der Waals surface area contributed by atoms with Crippen LogP contribution in [0.2, 0.25) is 0 Å². The van der Waals surface area contributed by atoms with Gasteiger partial charge in [0.15, 0.2) is 28.9 Å². The van der Waals surface area contributed by atoms with Crippen LogP contribution in [-0.4, -0.2) is 68.3 Å². The number of Topliss-reactive ketones (excluding diaryl/α,β-unsaturated/α-hetero) is 2. The molecule has 3 N–H and O–H groups in total. The second-order valence-electron chi connectivity index (χ2n) is 11.9.